The van der Waals surface area contributed by atoms with Crippen LogP contribution in [0.2, 0.25) is 0 Å². The summed E-state index contributed by atoms with van der Waals surface area (Å²) in [5, 5.41) is 0. The van der Waals surface area contributed by atoms with Crippen LogP contribution in [0.5, 0.6) is 0 Å². The summed E-state index contributed by atoms with van der Waals surface area (Å²) in [6, 6.07) is 0. The van der Waals surface area contributed by atoms with E-state index in [9.17, 15) is 9.13 Å². The van der Waals surface area contributed by atoms with E-state index in [0.29, 0.717) is 0 Å². The molecule has 68 valence electrons. The van der Waals surface area contributed by atoms with E-state index < -0.39 is 15.6 Å². The predicted octanol–water partition coefficient (Wildman–Crippen LogP) is -2.20. The van der Waals surface area contributed by atoms with Crippen LogP contribution >= 0.6 is 15.6 Å². The van der Waals surface area contributed by atoms with Gasteiger partial charge < -0.3 is 18.2 Å². The van der Waals surface area contributed by atoms with Crippen LogP contribution in [0, 0.1) is 0 Å². The van der Waals surface area contributed by atoms with Gasteiger partial charge in [-0.25, -0.2) is 9.13 Å². The molecule has 0 unspecified atom stereocenters. The van der Waals surface area contributed by atoms with E-state index in [2.05, 4.69) is 12.7 Å². The summed E-state index contributed by atoms with van der Waals surface area (Å²) in [6.07, 6.45) is 0. The van der Waals surface area contributed by atoms with Crippen molar-refractivity contribution < 1.29 is 31.7 Å². The van der Waals surface area contributed by atoms with Crippen molar-refractivity contribution in [3.63, 3.8) is 0 Å². The van der Waals surface area contributed by atoms with Gasteiger partial charge >= 0.3 is 15.6 Å². The van der Waals surface area contributed by atoms with Crippen molar-refractivity contribution in [3.05, 3.63) is 0 Å². The molecule has 11 heavy (non-hydrogen) atoms. The third-order valence-electron chi connectivity index (χ3n) is 0.654. The molecule has 0 fully saturated rings. The van der Waals surface area contributed by atoms with Gasteiger partial charge in [-0.05, 0) is 0 Å². The minimum absolute atomic E-state index is 0.0155. The highest BCUT2D eigenvalue weighted by molar-refractivity contribution is 7.62. The highest BCUT2D eigenvalue weighted by atomic mass is 31.3. The Bertz CT molecular complexity index is 196. The highest BCUT2D eigenvalue weighted by Crippen LogP contribution is 2.59. The average molecular weight is 238 g/mol. The summed E-state index contributed by atoms with van der Waals surface area (Å²) in [7, 11) is -8.70. The van der Waals surface area contributed by atoms with Gasteiger partial charge in [0.05, 0.1) is 0 Å². The molecule has 0 rings (SSSR count). The molecule has 0 saturated heterocycles. The Balaban J connectivity index is 4.34. The molecule has 7 nitrogen and oxygen atoms in total. The zero-order chi connectivity index (χ0) is 9.12. The van der Waals surface area contributed by atoms with E-state index in [4.69, 9.17) is 9.79 Å². The molecule has 0 bridgehead atoms. The summed E-state index contributed by atoms with van der Waals surface area (Å²) in [5.41, 5.74) is 0. The van der Waals surface area contributed by atoms with Crippen LogP contribution in [0.15, 0.2) is 0 Å². The van der Waals surface area contributed by atoms with Gasteiger partial charge in [0.25, 0.3) is 0 Å². The van der Waals surface area contributed by atoms with Crippen LogP contribution in [0.3, 0.4) is 0 Å². The molecule has 0 aliphatic rings. The molecule has 0 aromatic carbocycles. The molecule has 0 aromatic heterocycles. The van der Waals surface area contributed by atoms with Crippen LogP contribution in [0.4, 0.5) is 0 Å². The second-order valence-corrected chi connectivity index (χ2v) is 6.83. The Morgan fingerprint density at radius 1 is 1.09 bits per heavy atom. The molecule has 0 saturated carbocycles. The molecule has 2 N–H and O–H groups in total. The zero-order valence-corrected chi connectivity index (χ0v) is 11.6. The fourth-order valence-corrected chi connectivity index (χ4v) is 4.98. The molecular weight excluding hydrogens is 230 g/mol. The Labute approximate surface area is 69.0 Å². The first-order valence-electron chi connectivity index (χ1n) is 2.31. The van der Waals surface area contributed by atoms with Crippen molar-refractivity contribution in [2.24, 2.45) is 0 Å². The van der Waals surface area contributed by atoms with Crippen LogP contribution in [-0.2, 0) is 21.9 Å². The number of hydrogen-bond acceptors (Lipinski definition) is 5. The Morgan fingerprint density at radius 2 is 1.45 bits per heavy atom. The first-order valence-corrected chi connectivity index (χ1v) is 6.94. The van der Waals surface area contributed by atoms with Gasteiger partial charge in [0.15, 0.2) is 21.0 Å². The fraction of sp³-hybridized carbons (Fsp3) is 0. The van der Waals surface area contributed by atoms with Gasteiger partial charge in [-0.15, -0.1) is 0 Å². The van der Waals surface area contributed by atoms with Crippen molar-refractivity contribution in [3.8, 4) is 0 Å². The molecule has 0 aliphatic carbocycles. The minimum Gasteiger partial charge on any atom is -0.342 e. The summed E-state index contributed by atoms with van der Waals surface area (Å²) < 4.78 is 33.3. The van der Waals surface area contributed by atoms with Crippen molar-refractivity contribution in [1.29, 1.82) is 0 Å². The number of rotatable bonds is 4. The molecule has 0 atom stereocenters. The van der Waals surface area contributed by atoms with E-state index in [1.807, 2.05) is 0 Å². The van der Waals surface area contributed by atoms with Crippen molar-refractivity contribution in [2.75, 3.05) is 0 Å². The van der Waals surface area contributed by atoms with Crippen LogP contribution in [0.25, 0.3) is 0 Å². The first kappa shape index (κ1) is 11.7. The zero-order valence-electron chi connectivity index (χ0n) is 5.83. The van der Waals surface area contributed by atoms with Crippen molar-refractivity contribution in [1.82, 2.24) is 0 Å². The SMILES string of the molecule is O=P(O)(O)OP(=O)(O[SiH3])O[SiH3]. The van der Waals surface area contributed by atoms with Crippen LogP contribution in [0.1, 0.15) is 0 Å². The standard InChI is InChI=1S/H8O7P2Si2/c1-8(2,3)5-9(4,6-10)7-11/h10-11H3,(H2,1,2,3). The van der Waals surface area contributed by atoms with E-state index in [-0.39, 0.29) is 21.0 Å². The lowest BCUT2D eigenvalue weighted by Gasteiger charge is -2.13. The first-order chi connectivity index (χ1) is 4.83. The van der Waals surface area contributed by atoms with Gasteiger partial charge in [0.1, 0.15) is 0 Å². The molecule has 0 aliphatic heterocycles. The van der Waals surface area contributed by atoms with Crippen LogP contribution < -0.4 is 0 Å². The molecule has 11 heteroatoms. The molecule has 0 radical (unpaired) electrons. The van der Waals surface area contributed by atoms with Gasteiger partial charge in [-0.2, -0.15) is 4.31 Å². The molecule has 0 aromatic rings. The third-order valence-corrected chi connectivity index (χ3v) is 5.88. The average Bonchev–Trinajstić information content (AvgIpc) is 1.84. The largest absolute Gasteiger partial charge is 0.478 e. The van der Waals surface area contributed by atoms with E-state index in [1.54, 1.807) is 0 Å². The monoisotopic (exact) mass is 238 g/mol. The number of hydrogen-bond donors (Lipinski definition) is 2. The van der Waals surface area contributed by atoms with Crippen molar-refractivity contribution in [2.45, 2.75) is 0 Å². The summed E-state index contributed by atoms with van der Waals surface area (Å²) in [6.45, 7) is 0. The fourth-order valence-electron chi connectivity index (χ4n) is 0.271. The topological polar surface area (TPSA) is 102 Å². The lowest BCUT2D eigenvalue weighted by atomic mass is 15.7. The minimum atomic E-state index is -4.79. The molecule has 0 heterocycles. The normalized spacial score (nSPS) is 18.4. The maximum absolute atomic E-state index is 10.9. The van der Waals surface area contributed by atoms with Gasteiger partial charge in [-0.1, -0.05) is 0 Å². The van der Waals surface area contributed by atoms with Gasteiger partial charge in [0.2, 0.25) is 0 Å². The number of phosphoric acid groups is 2. The molecule has 0 spiro atoms. The molecule has 0 amide bonds. The maximum atomic E-state index is 10.9. The second kappa shape index (κ2) is 4.08. The highest BCUT2D eigenvalue weighted by Gasteiger charge is 2.32. The third kappa shape index (κ3) is 5.02. The van der Waals surface area contributed by atoms with Gasteiger partial charge in [0, 0.05) is 0 Å². The van der Waals surface area contributed by atoms with E-state index >= 15 is 0 Å². The lowest BCUT2D eigenvalue weighted by Crippen LogP contribution is -1.94. The van der Waals surface area contributed by atoms with E-state index in [0.717, 1.165) is 0 Å². The predicted molar refractivity (Wildman–Crippen MR) is 42.8 cm³/mol. The quantitative estimate of drug-likeness (QED) is 0.423. The smallest absolute Gasteiger partial charge is 0.342 e. The summed E-state index contributed by atoms with van der Waals surface area (Å²) >= 11 is 0. The lowest BCUT2D eigenvalue weighted by molar-refractivity contribution is 0.240. The Kier molecular flexibility index (Phi) is 4.34. The summed E-state index contributed by atoms with van der Waals surface area (Å²) in [5.74, 6) is 0. The molecular formula is H8O7P2Si2. The maximum Gasteiger partial charge on any atom is 0.478 e. The summed E-state index contributed by atoms with van der Waals surface area (Å²) in [4.78, 5) is 16.4. The van der Waals surface area contributed by atoms with Crippen LogP contribution in [-0.4, -0.2) is 30.8 Å². The second-order valence-electron chi connectivity index (χ2n) is 1.38. The van der Waals surface area contributed by atoms with Gasteiger partial charge in [-0.3, -0.25) is 0 Å². The Morgan fingerprint density at radius 3 is 1.55 bits per heavy atom. The van der Waals surface area contributed by atoms with Crippen molar-refractivity contribution >= 4 is 36.6 Å². The Hall–Kier alpha value is 0.694. The van der Waals surface area contributed by atoms with E-state index in [1.165, 1.54) is 0 Å².